The molecule has 7 heteroatoms. The molecule has 0 fully saturated rings. The van der Waals surface area contributed by atoms with Gasteiger partial charge in [-0.25, -0.2) is 4.79 Å². The third kappa shape index (κ3) is 4.76. The van der Waals surface area contributed by atoms with Crippen LogP contribution in [0.3, 0.4) is 0 Å². The number of fused-ring (bicyclic) bond motifs is 1. The fourth-order valence-electron chi connectivity index (χ4n) is 2.54. The van der Waals surface area contributed by atoms with E-state index in [0.29, 0.717) is 18.7 Å². The predicted molar refractivity (Wildman–Crippen MR) is 99.7 cm³/mol. The monoisotopic (exact) mass is 349 g/mol. The number of urea groups is 1. The molecule has 26 heavy (non-hydrogen) atoms. The molecule has 2 heterocycles. The van der Waals surface area contributed by atoms with Crippen molar-refractivity contribution in [2.24, 2.45) is 0 Å². The van der Waals surface area contributed by atoms with Gasteiger partial charge in [0.15, 0.2) is 0 Å². The van der Waals surface area contributed by atoms with Crippen molar-refractivity contribution in [2.45, 2.75) is 6.42 Å². The minimum atomic E-state index is -0.389. The molecule has 3 rings (SSSR count). The van der Waals surface area contributed by atoms with Gasteiger partial charge in [-0.2, -0.15) is 0 Å². The second-order valence-electron chi connectivity index (χ2n) is 5.64. The highest BCUT2D eigenvalue weighted by Crippen LogP contribution is 2.15. The molecule has 3 N–H and O–H groups in total. The zero-order valence-corrected chi connectivity index (χ0v) is 14.1. The summed E-state index contributed by atoms with van der Waals surface area (Å²) in [5.74, 6) is -0.314. The molecule has 2 aromatic heterocycles. The smallest absolute Gasteiger partial charge is 0.315 e. The Morgan fingerprint density at radius 1 is 0.962 bits per heavy atom. The maximum Gasteiger partial charge on any atom is 0.315 e. The van der Waals surface area contributed by atoms with Crippen molar-refractivity contribution in [3.63, 3.8) is 0 Å². The van der Waals surface area contributed by atoms with Crippen molar-refractivity contribution < 1.29 is 9.59 Å². The summed E-state index contributed by atoms with van der Waals surface area (Å²) >= 11 is 0. The van der Waals surface area contributed by atoms with Gasteiger partial charge in [-0.3, -0.25) is 14.8 Å². The molecule has 0 aliphatic rings. The van der Waals surface area contributed by atoms with E-state index >= 15 is 0 Å². The Hall–Kier alpha value is -3.48. The maximum absolute atomic E-state index is 11.8. The summed E-state index contributed by atoms with van der Waals surface area (Å²) in [5.41, 5.74) is 2.59. The maximum atomic E-state index is 11.8. The fraction of sp³-hybridized carbons (Fsp3) is 0.158. The van der Waals surface area contributed by atoms with E-state index in [1.807, 2.05) is 30.3 Å². The number of carbonyl (C=O) groups is 2. The Bertz CT molecular complexity index is 893. The van der Waals surface area contributed by atoms with Crippen LogP contribution in [0.2, 0.25) is 0 Å². The van der Waals surface area contributed by atoms with Crippen LogP contribution in [0, 0.1) is 0 Å². The molecular formula is C19H19N5O2. The Kier molecular flexibility index (Phi) is 5.72. The average molecular weight is 349 g/mol. The Balaban J connectivity index is 1.42. The third-order valence-corrected chi connectivity index (χ3v) is 3.75. The van der Waals surface area contributed by atoms with Gasteiger partial charge >= 0.3 is 6.03 Å². The highest BCUT2D eigenvalue weighted by Gasteiger charge is 2.06. The number of hydrogen-bond acceptors (Lipinski definition) is 4. The van der Waals surface area contributed by atoms with Gasteiger partial charge < -0.3 is 16.0 Å². The first kappa shape index (κ1) is 17.3. The van der Waals surface area contributed by atoms with E-state index in [1.165, 1.54) is 6.20 Å². The average Bonchev–Trinajstić information content (AvgIpc) is 2.67. The van der Waals surface area contributed by atoms with Gasteiger partial charge in [-0.15, -0.1) is 0 Å². The van der Waals surface area contributed by atoms with Crippen molar-refractivity contribution in [1.82, 2.24) is 20.6 Å². The molecule has 0 saturated carbocycles. The summed E-state index contributed by atoms with van der Waals surface area (Å²) in [5, 5.41) is 8.99. The van der Waals surface area contributed by atoms with Crippen LogP contribution in [0.25, 0.3) is 10.9 Å². The molecule has 7 nitrogen and oxygen atoms in total. The number of nitrogens with one attached hydrogen (secondary N) is 3. The van der Waals surface area contributed by atoms with Crippen molar-refractivity contribution >= 4 is 28.5 Å². The van der Waals surface area contributed by atoms with Crippen molar-refractivity contribution in [2.75, 3.05) is 18.4 Å². The number of carbonyl (C=O) groups excluding carboxylic acids is 2. The van der Waals surface area contributed by atoms with Crippen LogP contribution in [0.4, 0.5) is 10.5 Å². The zero-order valence-electron chi connectivity index (χ0n) is 14.1. The van der Waals surface area contributed by atoms with E-state index in [2.05, 4.69) is 25.9 Å². The zero-order chi connectivity index (χ0) is 18.2. The van der Waals surface area contributed by atoms with E-state index in [0.717, 1.165) is 16.5 Å². The van der Waals surface area contributed by atoms with Gasteiger partial charge in [0.05, 0.1) is 23.9 Å². The van der Waals surface area contributed by atoms with Gasteiger partial charge in [0.25, 0.3) is 0 Å². The summed E-state index contributed by atoms with van der Waals surface area (Å²) in [4.78, 5) is 31.9. The van der Waals surface area contributed by atoms with Crippen LogP contribution in [0.5, 0.6) is 0 Å². The lowest BCUT2D eigenvalue weighted by Crippen LogP contribution is -2.40. The van der Waals surface area contributed by atoms with Crippen LogP contribution in [-0.2, 0) is 11.2 Å². The first-order chi connectivity index (χ1) is 12.7. The van der Waals surface area contributed by atoms with E-state index in [-0.39, 0.29) is 18.5 Å². The molecular weight excluding hydrogens is 330 g/mol. The van der Waals surface area contributed by atoms with E-state index < -0.39 is 0 Å². The minimum absolute atomic E-state index is 0.115. The molecule has 0 spiro atoms. The lowest BCUT2D eigenvalue weighted by molar-refractivity contribution is -0.115. The molecule has 0 aliphatic carbocycles. The summed E-state index contributed by atoms with van der Waals surface area (Å²) in [7, 11) is 0. The SMILES string of the molecule is O=C(CNC(=O)NCCc1cccc2cccnc12)Nc1cccnc1. The first-order valence-corrected chi connectivity index (χ1v) is 8.26. The van der Waals surface area contributed by atoms with Crippen molar-refractivity contribution in [3.8, 4) is 0 Å². The number of amides is 3. The van der Waals surface area contributed by atoms with Gasteiger partial charge in [-0.1, -0.05) is 24.3 Å². The van der Waals surface area contributed by atoms with Gasteiger partial charge in [0.2, 0.25) is 5.91 Å². The summed E-state index contributed by atoms with van der Waals surface area (Å²) < 4.78 is 0. The second-order valence-corrected chi connectivity index (χ2v) is 5.64. The fourth-order valence-corrected chi connectivity index (χ4v) is 2.54. The number of aromatic nitrogens is 2. The molecule has 0 atom stereocenters. The van der Waals surface area contributed by atoms with E-state index in [1.54, 1.807) is 24.5 Å². The topological polar surface area (TPSA) is 96.0 Å². The van der Waals surface area contributed by atoms with Gasteiger partial charge in [-0.05, 0) is 30.2 Å². The molecule has 132 valence electrons. The largest absolute Gasteiger partial charge is 0.338 e. The van der Waals surface area contributed by atoms with Crippen LogP contribution in [-0.4, -0.2) is 35.0 Å². The molecule has 0 unspecified atom stereocenters. The van der Waals surface area contributed by atoms with Gasteiger partial charge in [0, 0.05) is 24.3 Å². The van der Waals surface area contributed by atoms with Gasteiger partial charge in [0.1, 0.15) is 0 Å². The highest BCUT2D eigenvalue weighted by atomic mass is 16.2. The molecule has 0 saturated heterocycles. The number of pyridine rings is 2. The number of nitrogens with zero attached hydrogens (tertiary/aromatic N) is 2. The molecule has 3 aromatic rings. The van der Waals surface area contributed by atoms with Crippen molar-refractivity contribution in [1.29, 1.82) is 0 Å². The number of hydrogen-bond donors (Lipinski definition) is 3. The summed E-state index contributed by atoms with van der Waals surface area (Å²) in [6.07, 6.45) is 5.57. The van der Waals surface area contributed by atoms with Crippen LogP contribution < -0.4 is 16.0 Å². The first-order valence-electron chi connectivity index (χ1n) is 8.26. The number of rotatable bonds is 6. The van der Waals surface area contributed by atoms with E-state index in [4.69, 9.17) is 0 Å². The standard InChI is InChI=1S/C19H19N5O2/c25-17(24-16-7-3-9-20-12-16)13-23-19(26)22-11-8-15-5-1-4-14-6-2-10-21-18(14)15/h1-7,9-10,12H,8,11,13H2,(H,24,25)(H2,22,23,26). The van der Waals surface area contributed by atoms with Crippen LogP contribution in [0.1, 0.15) is 5.56 Å². The summed E-state index contributed by atoms with van der Waals surface area (Å²) in [6.45, 7) is 0.336. The lowest BCUT2D eigenvalue weighted by atomic mass is 10.1. The predicted octanol–water partition coefficient (Wildman–Crippen LogP) is 2.11. The number of anilines is 1. The highest BCUT2D eigenvalue weighted by molar-refractivity contribution is 5.94. The lowest BCUT2D eigenvalue weighted by Gasteiger charge is -2.09. The Morgan fingerprint density at radius 2 is 1.81 bits per heavy atom. The molecule has 3 amide bonds. The Labute approximate surface area is 150 Å². The molecule has 0 radical (unpaired) electrons. The van der Waals surface area contributed by atoms with E-state index in [9.17, 15) is 9.59 Å². The number of benzene rings is 1. The van der Waals surface area contributed by atoms with Crippen LogP contribution in [0.15, 0.2) is 61.1 Å². The normalized spacial score (nSPS) is 10.3. The molecule has 1 aromatic carbocycles. The number of para-hydroxylation sites is 1. The Morgan fingerprint density at radius 3 is 2.65 bits per heavy atom. The molecule has 0 bridgehead atoms. The second kappa shape index (κ2) is 8.57. The minimum Gasteiger partial charge on any atom is -0.338 e. The van der Waals surface area contributed by atoms with Crippen molar-refractivity contribution in [3.05, 3.63) is 66.6 Å². The van der Waals surface area contributed by atoms with Crippen LogP contribution >= 0.6 is 0 Å². The molecule has 0 aliphatic heterocycles. The quantitative estimate of drug-likeness (QED) is 0.635. The third-order valence-electron chi connectivity index (χ3n) is 3.75. The summed E-state index contributed by atoms with van der Waals surface area (Å²) in [6, 6.07) is 12.9.